The number of aromatic nitrogens is 3. The summed E-state index contributed by atoms with van der Waals surface area (Å²) in [5, 5.41) is 17.6. The van der Waals surface area contributed by atoms with Gasteiger partial charge in [-0.3, -0.25) is 4.40 Å². The van der Waals surface area contributed by atoms with Crippen molar-refractivity contribution in [2.45, 2.75) is 12.4 Å². The van der Waals surface area contributed by atoms with Crippen LogP contribution in [0.4, 0.5) is 32.2 Å². The van der Waals surface area contributed by atoms with E-state index in [0.29, 0.717) is 0 Å². The molecule has 0 saturated carbocycles. The second-order valence-electron chi connectivity index (χ2n) is 7.16. The van der Waals surface area contributed by atoms with Crippen LogP contribution in [0.25, 0.3) is 16.9 Å². The summed E-state index contributed by atoms with van der Waals surface area (Å²) in [7, 11) is 1.68. The van der Waals surface area contributed by atoms with Gasteiger partial charge in [-0.25, -0.2) is 19.6 Å². The molecule has 3 heterocycles. The van der Waals surface area contributed by atoms with Crippen LogP contribution in [-0.2, 0) is 9.59 Å². The summed E-state index contributed by atoms with van der Waals surface area (Å²) in [5.74, 6) is -3.71. The first-order chi connectivity index (χ1) is 17.3. The molecule has 3 N–H and O–H groups in total. The van der Waals surface area contributed by atoms with Gasteiger partial charge in [0.1, 0.15) is 5.75 Å². The average Bonchev–Trinajstić information content (AvgIpc) is 3.28. The summed E-state index contributed by atoms with van der Waals surface area (Å²) in [6.07, 6.45) is -4.45. The quantitative estimate of drug-likeness (QED) is 0.432. The zero-order valence-electron chi connectivity index (χ0n) is 19.0. The molecule has 0 unspecified atom stereocenters. The van der Waals surface area contributed by atoms with E-state index in [2.05, 4.69) is 24.6 Å². The van der Waals surface area contributed by atoms with Crippen LogP contribution in [0.15, 0.2) is 42.9 Å². The molecule has 1 saturated heterocycles. The molecule has 1 aliphatic rings. The first kappa shape index (κ1) is 29.2. The number of carbonyl (C=O) groups is 2. The Morgan fingerprint density at radius 3 is 1.92 bits per heavy atom. The summed E-state index contributed by atoms with van der Waals surface area (Å²) in [6, 6.07) is 8.03. The van der Waals surface area contributed by atoms with Gasteiger partial charge in [0.2, 0.25) is 0 Å². The zero-order chi connectivity index (χ0) is 27.8. The van der Waals surface area contributed by atoms with Crippen LogP contribution in [0.2, 0.25) is 0 Å². The lowest BCUT2D eigenvalue weighted by Crippen LogP contribution is -2.44. The molecule has 0 bridgehead atoms. The van der Waals surface area contributed by atoms with Crippen molar-refractivity contribution in [3.8, 4) is 17.0 Å². The Bertz CT molecular complexity index is 1170. The molecule has 1 aliphatic heterocycles. The van der Waals surface area contributed by atoms with E-state index < -0.39 is 24.3 Å². The lowest BCUT2D eigenvalue weighted by molar-refractivity contribution is -0.193. The van der Waals surface area contributed by atoms with E-state index in [1.54, 1.807) is 7.11 Å². The van der Waals surface area contributed by atoms with Crippen LogP contribution in [0.3, 0.4) is 0 Å². The van der Waals surface area contributed by atoms with E-state index in [4.69, 9.17) is 24.5 Å². The number of rotatable bonds is 3. The molecular weight excluding hydrogens is 516 g/mol. The largest absolute Gasteiger partial charge is 0.497 e. The molecule has 0 aliphatic carbocycles. The van der Waals surface area contributed by atoms with Crippen LogP contribution in [0.5, 0.6) is 5.75 Å². The van der Waals surface area contributed by atoms with E-state index in [0.717, 1.165) is 54.7 Å². The van der Waals surface area contributed by atoms with Crippen molar-refractivity contribution in [1.29, 1.82) is 0 Å². The van der Waals surface area contributed by atoms with Gasteiger partial charge in [-0.2, -0.15) is 26.3 Å². The fraction of sp³-hybridized carbons (Fsp3) is 0.333. The zero-order valence-corrected chi connectivity index (χ0v) is 19.0. The highest BCUT2D eigenvalue weighted by molar-refractivity contribution is 5.73. The number of aliphatic carboxylic acids is 2. The molecule has 0 radical (unpaired) electrons. The predicted octanol–water partition coefficient (Wildman–Crippen LogP) is 3.08. The van der Waals surface area contributed by atoms with Crippen molar-refractivity contribution in [1.82, 2.24) is 19.7 Å². The summed E-state index contributed by atoms with van der Waals surface area (Å²) in [6.45, 7) is 3.87. The highest BCUT2D eigenvalue weighted by Crippen LogP contribution is 2.26. The summed E-state index contributed by atoms with van der Waals surface area (Å²) < 4.78 is 70.8. The maximum Gasteiger partial charge on any atom is 0.490 e. The minimum absolute atomic E-state index is 0.853. The standard InChI is InChI=1S/C17H19N5O.2C2HF3O2/c1-23-14-4-2-13(3-5-14)15-12-20-17-16(19-8-11-22(15)17)21-9-6-18-7-10-21;2*3-2(4,5)1(6)7/h2-5,8,11-12,18H,6-7,9-10H2,1H3;2*(H,6,7). The van der Waals surface area contributed by atoms with Crippen molar-refractivity contribution in [3.05, 3.63) is 42.9 Å². The molecule has 10 nitrogen and oxygen atoms in total. The van der Waals surface area contributed by atoms with Crippen molar-refractivity contribution in [3.63, 3.8) is 0 Å². The molecule has 16 heteroatoms. The fourth-order valence-electron chi connectivity index (χ4n) is 2.98. The van der Waals surface area contributed by atoms with Gasteiger partial charge in [-0.05, 0) is 24.3 Å². The lowest BCUT2D eigenvalue weighted by atomic mass is 10.1. The number of imidazole rings is 1. The molecule has 1 aromatic carbocycles. The minimum Gasteiger partial charge on any atom is -0.497 e. The third-order valence-corrected chi connectivity index (χ3v) is 4.70. The number of hydrogen-bond acceptors (Lipinski definition) is 7. The van der Waals surface area contributed by atoms with E-state index in [9.17, 15) is 26.3 Å². The molecule has 4 rings (SSSR count). The molecule has 37 heavy (non-hydrogen) atoms. The maximum absolute atomic E-state index is 10.6. The Labute approximate surface area is 205 Å². The van der Waals surface area contributed by atoms with Gasteiger partial charge >= 0.3 is 24.3 Å². The Hall–Kier alpha value is -4.08. The number of piperazine rings is 1. The second kappa shape index (κ2) is 12.2. The van der Waals surface area contributed by atoms with Crippen LogP contribution < -0.4 is 15.0 Å². The van der Waals surface area contributed by atoms with Gasteiger partial charge in [0.05, 0.1) is 19.0 Å². The average molecular weight is 537 g/mol. The van der Waals surface area contributed by atoms with Crippen LogP contribution in [0, 0.1) is 0 Å². The normalized spacial score (nSPS) is 13.6. The predicted molar refractivity (Wildman–Crippen MR) is 117 cm³/mol. The van der Waals surface area contributed by atoms with Gasteiger partial charge in [0.15, 0.2) is 11.5 Å². The molecule has 0 amide bonds. The third-order valence-electron chi connectivity index (χ3n) is 4.70. The van der Waals surface area contributed by atoms with Crippen LogP contribution in [0.1, 0.15) is 0 Å². The minimum atomic E-state index is -5.08. The van der Waals surface area contributed by atoms with Crippen LogP contribution in [-0.4, -0.2) is 82.2 Å². The SMILES string of the molecule is COc1ccc(-c2cnc3c(N4CCNCC4)nccn23)cc1.O=C(O)C(F)(F)F.O=C(O)C(F)(F)F. The number of anilines is 1. The van der Waals surface area contributed by atoms with Gasteiger partial charge in [-0.1, -0.05) is 0 Å². The molecule has 2 aromatic heterocycles. The molecule has 0 atom stereocenters. The maximum atomic E-state index is 10.6. The first-order valence-corrected chi connectivity index (χ1v) is 10.3. The Morgan fingerprint density at radius 2 is 1.46 bits per heavy atom. The summed E-state index contributed by atoms with van der Waals surface area (Å²) in [5.41, 5.74) is 3.07. The highest BCUT2D eigenvalue weighted by Gasteiger charge is 2.38. The van der Waals surface area contributed by atoms with E-state index >= 15 is 0 Å². The third kappa shape index (κ3) is 8.23. The highest BCUT2D eigenvalue weighted by atomic mass is 19.4. The van der Waals surface area contributed by atoms with Crippen molar-refractivity contribution < 1.29 is 50.9 Å². The number of benzene rings is 1. The van der Waals surface area contributed by atoms with E-state index in [-0.39, 0.29) is 0 Å². The van der Waals surface area contributed by atoms with Crippen molar-refractivity contribution in [2.75, 3.05) is 38.2 Å². The Morgan fingerprint density at radius 1 is 0.946 bits per heavy atom. The number of methoxy groups -OCH3 is 1. The van der Waals surface area contributed by atoms with Gasteiger partial charge < -0.3 is 25.2 Å². The number of fused-ring (bicyclic) bond motifs is 1. The molecule has 3 aromatic rings. The van der Waals surface area contributed by atoms with Gasteiger partial charge in [0.25, 0.3) is 0 Å². The number of alkyl halides is 6. The van der Waals surface area contributed by atoms with E-state index in [1.165, 1.54) is 0 Å². The number of ether oxygens (including phenoxy) is 1. The topological polar surface area (TPSA) is 129 Å². The summed E-state index contributed by atoms with van der Waals surface area (Å²) >= 11 is 0. The molecule has 1 fully saturated rings. The Balaban J connectivity index is 0.000000286. The van der Waals surface area contributed by atoms with Crippen LogP contribution >= 0.6 is 0 Å². The molecule has 202 valence electrons. The van der Waals surface area contributed by atoms with E-state index in [1.807, 2.05) is 42.9 Å². The summed E-state index contributed by atoms with van der Waals surface area (Å²) in [4.78, 5) is 29.3. The number of nitrogens with zero attached hydrogens (tertiary/aromatic N) is 4. The molecular formula is C21H21F6N5O5. The molecule has 0 spiro atoms. The number of nitrogens with one attached hydrogen (secondary N) is 1. The fourth-order valence-corrected chi connectivity index (χ4v) is 2.98. The number of hydrogen-bond donors (Lipinski definition) is 3. The van der Waals surface area contributed by atoms with Gasteiger partial charge in [-0.15, -0.1) is 0 Å². The smallest absolute Gasteiger partial charge is 0.490 e. The number of halogens is 6. The lowest BCUT2D eigenvalue weighted by Gasteiger charge is -2.28. The number of carboxylic acid groups (broad SMARTS) is 2. The number of carboxylic acids is 2. The first-order valence-electron chi connectivity index (χ1n) is 10.3. The van der Waals surface area contributed by atoms with Crippen molar-refractivity contribution >= 4 is 23.4 Å². The Kier molecular flexibility index (Phi) is 9.65. The monoisotopic (exact) mass is 537 g/mol. The van der Waals surface area contributed by atoms with Crippen molar-refractivity contribution in [2.24, 2.45) is 0 Å². The second-order valence-corrected chi connectivity index (χ2v) is 7.16. The van der Waals surface area contributed by atoms with Gasteiger partial charge in [0, 0.05) is 44.1 Å².